The van der Waals surface area contributed by atoms with Crippen LogP contribution in [0.4, 0.5) is 0 Å². The Balaban J connectivity index is 2.48. The SMILES string of the molecule is O=C1CC=CC2=CNC=CC=C12. The standard InChI is InChI=1S/C10H9NO/c12-10-5-1-3-8-7-11-6-2-4-9(8)10/h1-4,6-7,11H,5H2. The minimum absolute atomic E-state index is 0.192. The molecule has 0 unspecified atom stereocenters. The van der Waals surface area contributed by atoms with E-state index in [1.54, 1.807) is 6.20 Å². The molecule has 60 valence electrons. The topological polar surface area (TPSA) is 29.1 Å². The van der Waals surface area contributed by atoms with Crippen molar-refractivity contribution in [3.8, 4) is 0 Å². The molecule has 0 spiro atoms. The van der Waals surface area contributed by atoms with Crippen molar-refractivity contribution < 1.29 is 4.79 Å². The van der Waals surface area contributed by atoms with E-state index in [2.05, 4.69) is 5.32 Å². The maximum absolute atomic E-state index is 11.4. The summed E-state index contributed by atoms with van der Waals surface area (Å²) in [5, 5.41) is 2.97. The van der Waals surface area contributed by atoms with Gasteiger partial charge < -0.3 is 5.32 Å². The van der Waals surface area contributed by atoms with Crippen LogP contribution in [0.25, 0.3) is 0 Å². The fourth-order valence-electron chi connectivity index (χ4n) is 1.31. The van der Waals surface area contributed by atoms with Crippen LogP contribution in [0.3, 0.4) is 0 Å². The number of allylic oxidation sites excluding steroid dienone is 6. The van der Waals surface area contributed by atoms with Crippen LogP contribution in [0.5, 0.6) is 0 Å². The van der Waals surface area contributed by atoms with E-state index in [0.29, 0.717) is 6.42 Å². The Labute approximate surface area is 71.0 Å². The predicted octanol–water partition coefficient (Wildman–Crippen LogP) is 1.44. The zero-order valence-corrected chi connectivity index (χ0v) is 6.58. The molecular weight excluding hydrogens is 150 g/mol. The summed E-state index contributed by atoms with van der Waals surface area (Å²) >= 11 is 0. The van der Waals surface area contributed by atoms with Crippen molar-refractivity contribution in [2.24, 2.45) is 0 Å². The molecule has 0 amide bonds. The van der Waals surface area contributed by atoms with Gasteiger partial charge in [-0.2, -0.15) is 0 Å². The summed E-state index contributed by atoms with van der Waals surface area (Å²) in [7, 11) is 0. The van der Waals surface area contributed by atoms with Gasteiger partial charge in [0.25, 0.3) is 0 Å². The van der Waals surface area contributed by atoms with Crippen LogP contribution < -0.4 is 5.32 Å². The second-order valence-corrected chi connectivity index (χ2v) is 2.74. The van der Waals surface area contributed by atoms with Gasteiger partial charge in [0.15, 0.2) is 5.78 Å². The molecule has 12 heavy (non-hydrogen) atoms. The first-order valence-electron chi connectivity index (χ1n) is 3.91. The van der Waals surface area contributed by atoms with Gasteiger partial charge in [0.1, 0.15) is 0 Å². The maximum Gasteiger partial charge on any atom is 0.167 e. The lowest BCUT2D eigenvalue weighted by Crippen LogP contribution is -2.07. The summed E-state index contributed by atoms with van der Waals surface area (Å²) in [4.78, 5) is 11.4. The van der Waals surface area contributed by atoms with Crippen LogP contribution in [0.1, 0.15) is 6.42 Å². The molecule has 0 aromatic heterocycles. The molecule has 1 aliphatic carbocycles. The summed E-state index contributed by atoms with van der Waals surface area (Å²) in [6, 6.07) is 0. The van der Waals surface area contributed by atoms with Crippen LogP contribution in [0.2, 0.25) is 0 Å². The predicted molar refractivity (Wildman–Crippen MR) is 47.2 cm³/mol. The number of carbonyl (C=O) groups is 1. The highest BCUT2D eigenvalue weighted by Gasteiger charge is 2.15. The average molecular weight is 159 g/mol. The smallest absolute Gasteiger partial charge is 0.167 e. The Bertz CT molecular complexity index is 332. The molecule has 0 fully saturated rings. The van der Waals surface area contributed by atoms with Gasteiger partial charge in [-0.25, -0.2) is 0 Å². The average Bonchev–Trinajstić information content (AvgIpc) is 2.30. The third kappa shape index (κ3) is 1.11. The molecule has 0 atom stereocenters. The fraction of sp³-hybridized carbons (Fsp3) is 0.100. The molecule has 0 aromatic rings. The number of nitrogens with one attached hydrogen (secondary N) is 1. The summed E-state index contributed by atoms with van der Waals surface area (Å²) in [5.41, 5.74) is 1.77. The molecule has 2 heteroatoms. The molecule has 0 bridgehead atoms. The van der Waals surface area contributed by atoms with Gasteiger partial charge in [-0.05, 0) is 12.2 Å². The van der Waals surface area contributed by atoms with E-state index in [1.165, 1.54) is 0 Å². The summed E-state index contributed by atoms with van der Waals surface area (Å²) in [5.74, 6) is 0.192. The van der Waals surface area contributed by atoms with Crippen LogP contribution in [0, 0.1) is 0 Å². The molecular formula is C10H9NO. The van der Waals surface area contributed by atoms with Gasteiger partial charge in [0, 0.05) is 30.0 Å². The van der Waals surface area contributed by atoms with Gasteiger partial charge in [0.2, 0.25) is 0 Å². The zero-order chi connectivity index (χ0) is 8.39. The van der Waals surface area contributed by atoms with Crippen molar-refractivity contribution in [2.75, 3.05) is 0 Å². The minimum atomic E-state index is 0.192. The molecule has 2 nitrogen and oxygen atoms in total. The molecule has 0 radical (unpaired) electrons. The van der Waals surface area contributed by atoms with Crippen molar-refractivity contribution in [3.63, 3.8) is 0 Å². The van der Waals surface area contributed by atoms with E-state index in [0.717, 1.165) is 11.1 Å². The van der Waals surface area contributed by atoms with E-state index in [-0.39, 0.29) is 5.78 Å². The first-order valence-corrected chi connectivity index (χ1v) is 3.91. The highest BCUT2D eigenvalue weighted by atomic mass is 16.1. The number of fused-ring (bicyclic) bond motifs is 1. The van der Waals surface area contributed by atoms with Crippen LogP contribution >= 0.6 is 0 Å². The molecule has 1 N–H and O–H groups in total. The molecule has 0 aromatic carbocycles. The third-order valence-corrected chi connectivity index (χ3v) is 1.91. The molecule has 2 rings (SSSR count). The van der Waals surface area contributed by atoms with E-state index >= 15 is 0 Å². The van der Waals surface area contributed by atoms with Gasteiger partial charge in [-0.3, -0.25) is 4.79 Å². The van der Waals surface area contributed by atoms with Gasteiger partial charge in [-0.1, -0.05) is 12.2 Å². The maximum atomic E-state index is 11.4. The number of carbonyl (C=O) groups excluding carboxylic acids is 1. The van der Waals surface area contributed by atoms with Gasteiger partial charge >= 0.3 is 0 Å². The lowest BCUT2D eigenvalue weighted by molar-refractivity contribution is -0.114. The molecule has 2 aliphatic rings. The van der Waals surface area contributed by atoms with Crippen molar-refractivity contribution >= 4 is 5.78 Å². The van der Waals surface area contributed by atoms with E-state index in [9.17, 15) is 4.79 Å². The summed E-state index contributed by atoms with van der Waals surface area (Å²) in [6.45, 7) is 0. The first-order chi connectivity index (χ1) is 5.88. The van der Waals surface area contributed by atoms with E-state index in [1.807, 2.05) is 30.5 Å². The third-order valence-electron chi connectivity index (χ3n) is 1.91. The van der Waals surface area contributed by atoms with Gasteiger partial charge in [0.05, 0.1) is 0 Å². The number of hydrogen-bond acceptors (Lipinski definition) is 2. The minimum Gasteiger partial charge on any atom is -0.367 e. The van der Waals surface area contributed by atoms with Crippen LogP contribution in [0.15, 0.2) is 47.9 Å². The largest absolute Gasteiger partial charge is 0.367 e. The van der Waals surface area contributed by atoms with Crippen molar-refractivity contribution in [1.29, 1.82) is 0 Å². The van der Waals surface area contributed by atoms with E-state index in [4.69, 9.17) is 0 Å². The van der Waals surface area contributed by atoms with Crippen LogP contribution in [-0.2, 0) is 4.79 Å². The Kier molecular flexibility index (Phi) is 1.67. The first kappa shape index (κ1) is 7.10. The lowest BCUT2D eigenvalue weighted by atomic mass is 9.95. The molecule has 1 heterocycles. The van der Waals surface area contributed by atoms with Crippen molar-refractivity contribution in [1.82, 2.24) is 5.32 Å². The number of rotatable bonds is 0. The normalized spacial score (nSPS) is 20.5. The Morgan fingerprint density at radius 2 is 2.33 bits per heavy atom. The highest BCUT2D eigenvalue weighted by molar-refractivity contribution is 6.02. The van der Waals surface area contributed by atoms with E-state index < -0.39 is 0 Å². The number of Topliss-reactive ketones (excluding diaryl/α,β-unsaturated/α-hetero) is 1. The monoisotopic (exact) mass is 159 g/mol. The lowest BCUT2D eigenvalue weighted by Gasteiger charge is -2.09. The second kappa shape index (κ2) is 2.81. The van der Waals surface area contributed by atoms with Crippen LogP contribution in [-0.4, -0.2) is 5.78 Å². The zero-order valence-electron chi connectivity index (χ0n) is 6.58. The molecule has 0 saturated heterocycles. The molecule has 1 aliphatic heterocycles. The fourth-order valence-corrected chi connectivity index (χ4v) is 1.31. The Morgan fingerprint density at radius 1 is 1.42 bits per heavy atom. The van der Waals surface area contributed by atoms with Crippen molar-refractivity contribution in [3.05, 3.63) is 47.9 Å². The number of hydrogen-bond donors (Lipinski definition) is 1. The number of ketones is 1. The van der Waals surface area contributed by atoms with Gasteiger partial charge in [-0.15, -0.1) is 0 Å². The highest BCUT2D eigenvalue weighted by Crippen LogP contribution is 2.20. The Morgan fingerprint density at radius 3 is 3.25 bits per heavy atom. The summed E-state index contributed by atoms with van der Waals surface area (Å²) < 4.78 is 0. The quantitative estimate of drug-likeness (QED) is 0.579. The second-order valence-electron chi connectivity index (χ2n) is 2.74. The summed E-state index contributed by atoms with van der Waals surface area (Å²) in [6.07, 6.45) is 11.7. The molecule has 0 saturated carbocycles. The Hall–Kier alpha value is -1.57. The van der Waals surface area contributed by atoms with Crippen molar-refractivity contribution in [2.45, 2.75) is 6.42 Å².